The van der Waals surface area contributed by atoms with Gasteiger partial charge in [0.1, 0.15) is 5.00 Å². The van der Waals surface area contributed by atoms with E-state index in [1.54, 1.807) is 17.5 Å². The number of hydrogen-bond acceptors (Lipinski definition) is 5. The van der Waals surface area contributed by atoms with Crippen LogP contribution in [0.25, 0.3) is 6.08 Å². The highest BCUT2D eigenvalue weighted by atomic mass is 32.1. The van der Waals surface area contributed by atoms with Gasteiger partial charge in [0.2, 0.25) is 11.8 Å². The molecule has 6 nitrogen and oxygen atoms in total. The Morgan fingerprint density at radius 3 is 2.59 bits per heavy atom. The lowest BCUT2D eigenvalue weighted by Gasteiger charge is -2.06. The molecule has 22 heavy (non-hydrogen) atoms. The van der Waals surface area contributed by atoms with Gasteiger partial charge in [0.25, 0.3) is 5.91 Å². The number of amides is 3. The SMILES string of the molecule is CC(=O)NNC(=O)c1ccsc1NC(=O)/C=C/c1cccs1. The van der Waals surface area contributed by atoms with Gasteiger partial charge in [0, 0.05) is 17.9 Å². The van der Waals surface area contributed by atoms with E-state index in [0.29, 0.717) is 5.00 Å². The minimum absolute atomic E-state index is 0.289. The van der Waals surface area contributed by atoms with Crippen molar-refractivity contribution in [2.45, 2.75) is 6.92 Å². The third-order valence-electron chi connectivity index (χ3n) is 2.44. The molecule has 0 spiro atoms. The topological polar surface area (TPSA) is 87.3 Å². The molecule has 3 amide bonds. The number of hydrogen-bond donors (Lipinski definition) is 3. The summed E-state index contributed by atoms with van der Waals surface area (Å²) in [6.07, 6.45) is 3.10. The maximum Gasteiger partial charge on any atom is 0.272 e. The molecule has 0 saturated heterocycles. The fraction of sp³-hybridized carbons (Fsp3) is 0.0714. The molecular weight excluding hydrogens is 322 g/mol. The van der Waals surface area contributed by atoms with E-state index in [1.165, 1.54) is 35.7 Å². The molecule has 114 valence electrons. The summed E-state index contributed by atoms with van der Waals surface area (Å²) in [5.74, 6) is -1.20. The molecule has 2 heterocycles. The van der Waals surface area contributed by atoms with Crippen LogP contribution in [0.1, 0.15) is 22.2 Å². The van der Waals surface area contributed by atoms with Crippen molar-refractivity contribution >= 4 is 51.5 Å². The highest BCUT2D eigenvalue weighted by Crippen LogP contribution is 2.23. The molecule has 0 aromatic carbocycles. The Morgan fingerprint density at radius 1 is 1.09 bits per heavy atom. The van der Waals surface area contributed by atoms with Crippen LogP contribution in [0.5, 0.6) is 0 Å². The number of thiophene rings is 2. The van der Waals surface area contributed by atoms with Gasteiger partial charge in [0.05, 0.1) is 5.56 Å². The summed E-state index contributed by atoms with van der Waals surface area (Å²) in [5, 5.41) is 6.67. The van der Waals surface area contributed by atoms with E-state index >= 15 is 0 Å². The van der Waals surface area contributed by atoms with Crippen molar-refractivity contribution in [2.24, 2.45) is 0 Å². The highest BCUT2D eigenvalue weighted by Gasteiger charge is 2.14. The predicted molar refractivity (Wildman–Crippen MR) is 87.6 cm³/mol. The lowest BCUT2D eigenvalue weighted by molar-refractivity contribution is -0.119. The Labute approximate surface area is 134 Å². The molecular formula is C14H13N3O3S2. The molecule has 3 N–H and O–H groups in total. The second kappa shape index (κ2) is 7.53. The number of anilines is 1. The van der Waals surface area contributed by atoms with Gasteiger partial charge in [0.15, 0.2) is 0 Å². The molecule has 0 saturated carbocycles. The lowest BCUT2D eigenvalue weighted by atomic mass is 10.3. The number of rotatable bonds is 4. The van der Waals surface area contributed by atoms with Crippen LogP contribution >= 0.6 is 22.7 Å². The Hall–Kier alpha value is -2.45. The first-order valence-corrected chi connectivity index (χ1v) is 7.99. The van der Waals surface area contributed by atoms with Crippen LogP contribution in [-0.4, -0.2) is 17.7 Å². The van der Waals surface area contributed by atoms with E-state index in [-0.39, 0.29) is 17.4 Å². The molecule has 2 aromatic rings. The first-order valence-electron chi connectivity index (χ1n) is 6.23. The zero-order valence-corrected chi connectivity index (χ0v) is 13.2. The molecule has 0 atom stereocenters. The molecule has 0 aliphatic carbocycles. The van der Waals surface area contributed by atoms with Gasteiger partial charge >= 0.3 is 0 Å². The minimum atomic E-state index is -0.492. The minimum Gasteiger partial charge on any atom is -0.313 e. The van der Waals surface area contributed by atoms with Crippen LogP contribution in [-0.2, 0) is 9.59 Å². The lowest BCUT2D eigenvalue weighted by Crippen LogP contribution is -2.40. The Bertz CT molecular complexity index is 705. The summed E-state index contributed by atoms with van der Waals surface area (Å²) in [6, 6.07) is 5.36. The second-order valence-corrected chi connectivity index (χ2v) is 6.03. The molecule has 0 bridgehead atoms. The van der Waals surface area contributed by atoms with Crippen LogP contribution in [0.2, 0.25) is 0 Å². The number of nitrogens with one attached hydrogen (secondary N) is 3. The molecule has 0 aliphatic heterocycles. The molecule has 0 radical (unpaired) electrons. The average Bonchev–Trinajstić information content (AvgIpc) is 3.13. The summed E-state index contributed by atoms with van der Waals surface area (Å²) in [5.41, 5.74) is 4.74. The zero-order chi connectivity index (χ0) is 15.9. The molecule has 0 unspecified atom stereocenters. The maximum absolute atomic E-state index is 11.9. The van der Waals surface area contributed by atoms with Gasteiger partial charge in [-0.25, -0.2) is 0 Å². The van der Waals surface area contributed by atoms with Gasteiger partial charge in [-0.1, -0.05) is 6.07 Å². The first-order chi connectivity index (χ1) is 10.6. The Morgan fingerprint density at radius 2 is 1.91 bits per heavy atom. The van der Waals surface area contributed by atoms with Gasteiger partial charge in [-0.15, -0.1) is 22.7 Å². The van der Waals surface area contributed by atoms with Crippen molar-refractivity contribution in [1.82, 2.24) is 10.9 Å². The van der Waals surface area contributed by atoms with Gasteiger partial charge in [-0.05, 0) is 29.0 Å². The zero-order valence-electron chi connectivity index (χ0n) is 11.6. The average molecular weight is 335 g/mol. The summed E-state index contributed by atoms with van der Waals surface area (Å²) in [7, 11) is 0. The van der Waals surface area contributed by atoms with Gasteiger partial charge < -0.3 is 5.32 Å². The molecule has 8 heteroatoms. The number of hydrazine groups is 1. The maximum atomic E-state index is 11.9. The van der Waals surface area contributed by atoms with Crippen LogP contribution < -0.4 is 16.2 Å². The predicted octanol–water partition coefficient (Wildman–Crippen LogP) is 2.24. The summed E-state index contributed by atoms with van der Waals surface area (Å²) in [4.78, 5) is 35.5. The normalized spacial score (nSPS) is 10.4. The van der Waals surface area contributed by atoms with Gasteiger partial charge in [-0.3, -0.25) is 25.2 Å². The van der Waals surface area contributed by atoms with Gasteiger partial charge in [-0.2, -0.15) is 0 Å². The Kier molecular flexibility index (Phi) is 5.45. The quantitative estimate of drug-likeness (QED) is 0.591. The molecule has 0 fully saturated rings. The largest absolute Gasteiger partial charge is 0.313 e. The fourth-order valence-corrected chi connectivity index (χ4v) is 2.90. The van der Waals surface area contributed by atoms with Crippen molar-refractivity contribution < 1.29 is 14.4 Å². The van der Waals surface area contributed by atoms with Crippen molar-refractivity contribution in [3.05, 3.63) is 45.5 Å². The van der Waals surface area contributed by atoms with E-state index in [2.05, 4.69) is 16.2 Å². The smallest absolute Gasteiger partial charge is 0.272 e. The van der Waals surface area contributed by atoms with E-state index in [9.17, 15) is 14.4 Å². The molecule has 2 rings (SSSR count). The monoisotopic (exact) mass is 335 g/mol. The van der Waals surface area contributed by atoms with E-state index in [1.807, 2.05) is 17.5 Å². The Balaban J connectivity index is 1.98. The number of carbonyl (C=O) groups excluding carboxylic acids is 3. The highest BCUT2D eigenvalue weighted by molar-refractivity contribution is 7.14. The first kappa shape index (κ1) is 15.9. The third kappa shape index (κ3) is 4.54. The van der Waals surface area contributed by atoms with Crippen molar-refractivity contribution in [3.8, 4) is 0 Å². The van der Waals surface area contributed by atoms with E-state index in [0.717, 1.165) is 4.88 Å². The van der Waals surface area contributed by atoms with Crippen LogP contribution in [0.3, 0.4) is 0 Å². The van der Waals surface area contributed by atoms with Crippen LogP contribution in [0.15, 0.2) is 35.0 Å². The summed E-state index contributed by atoms with van der Waals surface area (Å²) >= 11 is 2.75. The van der Waals surface area contributed by atoms with Crippen molar-refractivity contribution in [3.63, 3.8) is 0 Å². The number of carbonyl (C=O) groups is 3. The molecule has 2 aromatic heterocycles. The van der Waals surface area contributed by atoms with Crippen LogP contribution in [0.4, 0.5) is 5.00 Å². The fourth-order valence-electron chi connectivity index (χ4n) is 1.49. The standard InChI is InChI=1S/C14H13N3O3S2/c1-9(18)16-17-13(20)11-6-8-22-14(11)15-12(19)5-4-10-3-2-7-21-10/h2-8H,1H3,(H,15,19)(H,16,18)(H,17,20)/b5-4+. The van der Waals surface area contributed by atoms with Crippen molar-refractivity contribution in [2.75, 3.05) is 5.32 Å². The third-order valence-corrected chi connectivity index (χ3v) is 4.11. The van der Waals surface area contributed by atoms with E-state index < -0.39 is 5.91 Å². The molecule has 0 aliphatic rings. The second-order valence-electron chi connectivity index (χ2n) is 4.14. The summed E-state index contributed by atoms with van der Waals surface area (Å²) < 4.78 is 0. The van der Waals surface area contributed by atoms with Crippen molar-refractivity contribution in [1.29, 1.82) is 0 Å². The van der Waals surface area contributed by atoms with E-state index in [4.69, 9.17) is 0 Å². The summed E-state index contributed by atoms with van der Waals surface area (Å²) in [6.45, 7) is 1.28. The van der Waals surface area contributed by atoms with Crippen LogP contribution in [0, 0.1) is 0 Å².